The molecule has 5 rings (SSSR count). The number of methoxy groups -OCH3 is 3. The van der Waals surface area contributed by atoms with Gasteiger partial charge in [-0.25, -0.2) is 0 Å². The minimum absolute atomic E-state index is 0.120. The van der Waals surface area contributed by atoms with Crippen LogP contribution in [0.3, 0.4) is 0 Å². The summed E-state index contributed by atoms with van der Waals surface area (Å²) in [7, 11) is 4.36. The molecular formula is C21H19NO7. The number of amides is 1. The first-order valence-corrected chi connectivity index (χ1v) is 9.16. The van der Waals surface area contributed by atoms with Crippen molar-refractivity contribution in [3.05, 3.63) is 46.5 Å². The highest BCUT2D eigenvalue weighted by atomic mass is 16.7. The summed E-state index contributed by atoms with van der Waals surface area (Å²) in [5, 5.41) is 0. The van der Waals surface area contributed by atoms with Crippen molar-refractivity contribution in [1.29, 1.82) is 0 Å². The van der Waals surface area contributed by atoms with Crippen LogP contribution in [-0.2, 0) is 16.9 Å². The molecule has 0 aliphatic carbocycles. The van der Waals surface area contributed by atoms with Crippen molar-refractivity contribution >= 4 is 11.7 Å². The molecule has 0 bridgehead atoms. The normalized spacial score (nSPS) is 21.4. The average Bonchev–Trinajstić information content (AvgIpc) is 3.21. The smallest absolute Gasteiger partial charge is 0.261 e. The van der Waals surface area contributed by atoms with Crippen molar-refractivity contribution < 1.29 is 33.3 Å². The second kappa shape index (κ2) is 6.12. The Labute approximate surface area is 166 Å². The fourth-order valence-electron chi connectivity index (χ4n) is 4.49. The number of Topliss-reactive ketones (excluding diaryl/α,β-unsaturated/α-hetero) is 1. The SMILES string of the molecule is COc1ccc2c(c1OC)C(=O)N1CCc3cc4c(cc3[C@@]1(OC)C2=O)OCO4. The molecule has 3 aliphatic heterocycles. The maximum atomic E-state index is 13.8. The number of benzene rings is 2. The van der Waals surface area contributed by atoms with Crippen molar-refractivity contribution in [3.8, 4) is 23.0 Å². The van der Waals surface area contributed by atoms with Crippen molar-refractivity contribution in [1.82, 2.24) is 4.90 Å². The standard InChI is InChI=1S/C21H19NO7/c1-25-14-5-4-12-17(18(14)26-2)20(24)22-7-6-11-8-15-16(29-10-28-15)9-13(11)21(22,27-3)19(12)23/h4-5,8-9H,6-7,10H2,1-3H3/t21-/m1/s1. The Morgan fingerprint density at radius 3 is 2.48 bits per heavy atom. The van der Waals surface area contributed by atoms with E-state index in [1.165, 1.54) is 26.2 Å². The predicted octanol–water partition coefficient (Wildman–Crippen LogP) is 2.13. The molecule has 1 atom stereocenters. The van der Waals surface area contributed by atoms with Crippen molar-refractivity contribution in [2.45, 2.75) is 12.1 Å². The topological polar surface area (TPSA) is 83.5 Å². The predicted molar refractivity (Wildman–Crippen MR) is 99.9 cm³/mol. The molecule has 150 valence electrons. The van der Waals surface area contributed by atoms with Gasteiger partial charge in [0.25, 0.3) is 5.91 Å². The molecule has 2 aromatic rings. The highest BCUT2D eigenvalue weighted by Crippen LogP contribution is 2.49. The molecule has 2 aromatic carbocycles. The van der Waals surface area contributed by atoms with Crippen molar-refractivity contribution in [3.63, 3.8) is 0 Å². The molecule has 0 saturated heterocycles. The minimum atomic E-state index is -1.57. The van der Waals surface area contributed by atoms with Crippen LogP contribution in [0.5, 0.6) is 23.0 Å². The molecule has 0 saturated carbocycles. The van der Waals surface area contributed by atoms with E-state index in [0.717, 1.165) is 5.56 Å². The van der Waals surface area contributed by atoms with E-state index >= 15 is 0 Å². The molecule has 1 amide bonds. The summed E-state index contributed by atoms with van der Waals surface area (Å²) in [6.07, 6.45) is 0.553. The highest BCUT2D eigenvalue weighted by Gasteiger charge is 2.57. The van der Waals surface area contributed by atoms with E-state index < -0.39 is 5.72 Å². The average molecular weight is 397 g/mol. The molecule has 0 aromatic heterocycles. The molecule has 0 N–H and O–H groups in total. The van der Waals surface area contributed by atoms with Gasteiger partial charge < -0.3 is 23.7 Å². The third-order valence-electron chi connectivity index (χ3n) is 5.80. The molecule has 0 fully saturated rings. The van der Waals surface area contributed by atoms with Crippen LogP contribution in [0.4, 0.5) is 0 Å². The number of fused-ring (bicyclic) bond motifs is 5. The van der Waals surface area contributed by atoms with Crippen LogP contribution >= 0.6 is 0 Å². The van der Waals surface area contributed by atoms with Crippen molar-refractivity contribution in [2.75, 3.05) is 34.7 Å². The Bertz CT molecular complexity index is 1060. The van der Waals surface area contributed by atoms with Crippen LogP contribution in [0.1, 0.15) is 31.8 Å². The first-order chi connectivity index (χ1) is 14.1. The fourth-order valence-corrected chi connectivity index (χ4v) is 4.49. The van der Waals surface area contributed by atoms with Gasteiger partial charge in [0.05, 0.1) is 19.8 Å². The van der Waals surface area contributed by atoms with Gasteiger partial charge in [-0.3, -0.25) is 14.5 Å². The number of hydrogen-bond donors (Lipinski definition) is 0. The maximum Gasteiger partial charge on any atom is 0.261 e. The zero-order valence-electron chi connectivity index (χ0n) is 16.2. The second-order valence-corrected chi connectivity index (χ2v) is 6.97. The zero-order valence-corrected chi connectivity index (χ0v) is 16.2. The third kappa shape index (κ3) is 2.12. The molecule has 0 unspecified atom stereocenters. The van der Waals surface area contributed by atoms with Gasteiger partial charge in [-0.05, 0) is 36.2 Å². The number of ether oxygens (including phenoxy) is 5. The van der Waals surface area contributed by atoms with E-state index in [-0.39, 0.29) is 35.4 Å². The van der Waals surface area contributed by atoms with Crippen LogP contribution in [0.15, 0.2) is 24.3 Å². The van der Waals surface area contributed by atoms with E-state index in [0.29, 0.717) is 35.8 Å². The number of nitrogens with zero attached hydrogens (tertiary/aromatic N) is 1. The van der Waals surface area contributed by atoms with E-state index in [1.54, 1.807) is 18.2 Å². The van der Waals surface area contributed by atoms with Crippen LogP contribution < -0.4 is 18.9 Å². The summed E-state index contributed by atoms with van der Waals surface area (Å²) >= 11 is 0. The lowest BCUT2D eigenvalue weighted by Gasteiger charge is -2.48. The maximum absolute atomic E-state index is 13.8. The first-order valence-electron chi connectivity index (χ1n) is 9.16. The molecular weight excluding hydrogens is 378 g/mol. The minimum Gasteiger partial charge on any atom is -0.493 e. The second-order valence-electron chi connectivity index (χ2n) is 6.97. The summed E-state index contributed by atoms with van der Waals surface area (Å²) < 4.78 is 27.5. The summed E-state index contributed by atoms with van der Waals surface area (Å²) in [4.78, 5) is 28.8. The fraction of sp³-hybridized carbons (Fsp3) is 0.333. The van der Waals surface area contributed by atoms with Crippen LogP contribution in [-0.4, -0.2) is 51.3 Å². The Hall–Kier alpha value is -3.26. The van der Waals surface area contributed by atoms with Crippen molar-refractivity contribution in [2.24, 2.45) is 0 Å². The summed E-state index contributed by atoms with van der Waals surface area (Å²) in [5.74, 6) is 1.10. The van der Waals surface area contributed by atoms with Gasteiger partial charge in [-0.15, -0.1) is 0 Å². The van der Waals surface area contributed by atoms with Gasteiger partial charge in [0.15, 0.2) is 23.0 Å². The van der Waals surface area contributed by atoms with E-state index in [9.17, 15) is 9.59 Å². The first kappa shape index (κ1) is 17.8. The quantitative estimate of drug-likeness (QED) is 0.785. The third-order valence-corrected chi connectivity index (χ3v) is 5.80. The summed E-state index contributed by atoms with van der Waals surface area (Å²) in [6.45, 7) is 0.430. The van der Waals surface area contributed by atoms with Gasteiger partial charge in [0.2, 0.25) is 18.3 Å². The molecule has 3 aliphatic rings. The molecule has 8 heteroatoms. The summed E-state index contributed by atoms with van der Waals surface area (Å²) in [6, 6.07) is 6.80. The lowest BCUT2D eigenvalue weighted by molar-refractivity contribution is -0.0999. The lowest BCUT2D eigenvalue weighted by atomic mass is 9.79. The number of carbonyl (C=O) groups is 2. The highest BCUT2D eigenvalue weighted by molar-refractivity contribution is 6.18. The van der Waals surface area contributed by atoms with Gasteiger partial charge in [-0.1, -0.05) is 0 Å². The zero-order chi connectivity index (χ0) is 20.3. The summed E-state index contributed by atoms with van der Waals surface area (Å²) in [5.41, 5.74) is 0.329. The van der Waals surface area contributed by atoms with Gasteiger partial charge in [-0.2, -0.15) is 0 Å². The van der Waals surface area contributed by atoms with Crippen LogP contribution in [0, 0.1) is 0 Å². The lowest BCUT2D eigenvalue weighted by Crippen LogP contribution is -2.62. The Balaban J connectivity index is 1.78. The monoisotopic (exact) mass is 397 g/mol. The molecule has 3 heterocycles. The van der Waals surface area contributed by atoms with E-state index in [2.05, 4.69) is 0 Å². The molecule has 0 radical (unpaired) electrons. The largest absolute Gasteiger partial charge is 0.493 e. The number of ketones is 1. The molecule has 29 heavy (non-hydrogen) atoms. The number of carbonyl (C=O) groups excluding carboxylic acids is 2. The molecule has 8 nitrogen and oxygen atoms in total. The number of rotatable bonds is 3. The Kier molecular flexibility index (Phi) is 3.76. The van der Waals surface area contributed by atoms with Crippen LogP contribution in [0.25, 0.3) is 0 Å². The molecule has 0 spiro atoms. The van der Waals surface area contributed by atoms with Gasteiger partial charge in [0.1, 0.15) is 0 Å². The number of hydrogen-bond acceptors (Lipinski definition) is 7. The van der Waals surface area contributed by atoms with E-state index in [4.69, 9.17) is 23.7 Å². The Morgan fingerprint density at radius 2 is 1.79 bits per heavy atom. The van der Waals surface area contributed by atoms with Gasteiger partial charge in [0, 0.05) is 24.8 Å². The van der Waals surface area contributed by atoms with Crippen LogP contribution in [0.2, 0.25) is 0 Å². The van der Waals surface area contributed by atoms with E-state index in [1.807, 2.05) is 6.07 Å². The van der Waals surface area contributed by atoms with Gasteiger partial charge >= 0.3 is 0 Å². The Morgan fingerprint density at radius 1 is 1.03 bits per heavy atom.